The Morgan fingerprint density at radius 2 is 2.12 bits per heavy atom. The van der Waals surface area contributed by atoms with Gasteiger partial charge in [0.25, 0.3) is 5.91 Å². The smallest absolute Gasteiger partial charge is 0.257 e. The molecule has 0 saturated carbocycles. The first kappa shape index (κ1) is 17.3. The third-order valence-corrected chi connectivity index (χ3v) is 4.41. The lowest BCUT2D eigenvalue weighted by molar-refractivity contribution is 0.0683. The van der Waals surface area contributed by atoms with Gasteiger partial charge in [-0.1, -0.05) is 6.92 Å². The standard InChI is InChI=1S/C20H25N3O2/c1-3-25-17-10-8-16(9-11-17)22-19-18(7-4-12-21-19)20(24)23-13-5-6-15(2)14-23/h4,7-12,15H,3,5-6,13-14H2,1-2H3,(H,21,22). The maximum absolute atomic E-state index is 12.9. The molecule has 1 aromatic heterocycles. The molecule has 0 aliphatic carbocycles. The molecule has 25 heavy (non-hydrogen) atoms. The molecular weight excluding hydrogens is 314 g/mol. The van der Waals surface area contributed by atoms with Crippen molar-refractivity contribution >= 4 is 17.4 Å². The number of benzene rings is 1. The zero-order valence-corrected chi connectivity index (χ0v) is 14.9. The van der Waals surface area contributed by atoms with E-state index in [9.17, 15) is 4.79 Å². The molecule has 3 rings (SSSR count). The van der Waals surface area contributed by atoms with Crippen LogP contribution in [0.2, 0.25) is 0 Å². The number of hydrogen-bond donors (Lipinski definition) is 1. The van der Waals surface area contributed by atoms with Crippen molar-refractivity contribution in [2.24, 2.45) is 5.92 Å². The van der Waals surface area contributed by atoms with E-state index in [2.05, 4.69) is 17.2 Å². The Bertz CT molecular complexity index is 715. The molecule has 1 aliphatic rings. The van der Waals surface area contributed by atoms with Crippen LogP contribution in [0.15, 0.2) is 42.6 Å². The summed E-state index contributed by atoms with van der Waals surface area (Å²) in [5.41, 5.74) is 1.49. The summed E-state index contributed by atoms with van der Waals surface area (Å²) in [4.78, 5) is 19.2. The second kappa shape index (κ2) is 8.01. The fourth-order valence-corrected chi connectivity index (χ4v) is 3.16. The van der Waals surface area contributed by atoms with Crippen LogP contribution >= 0.6 is 0 Å². The number of carbonyl (C=O) groups excluding carboxylic acids is 1. The summed E-state index contributed by atoms with van der Waals surface area (Å²) in [7, 11) is 0. The Balaban J connectivity index is 1.77. The zero-order valence-electron chi connectivity index (χ0n) is 14.9. The van der Waals surface area contributed by atoms with Gasteiger partial charge in [-0.05, 0) is 62.1 Å². The lowest BCUT2D eigenvalue weighted by atomic mass is 9.99. The molecule has 2 heterocycles. The van der Waals surface area contributed by atoms with Crippen molar-refractivity contribution in [2.75, 3.05) is 25.0 Å². The highest BCUT2D eigenvalue weighted by atomic mass is 16.5. The number of rotatable bonds is 5. The molecule has 0 spiro atoms. The summed E-state index contributed by atoms with van der Waals surface area (Å²) in [5, 5.41) is 3.26. The number of ether oxygens (including phenoxy) is 1. The highest BCUT2D eigenvalue weighted by molar-refractivity contribution is 5.99. The van der Waals surface area contributed by atoms with Crippen LogP contribution in [0, 0.1) is 5.92 Å². The van der Waals surface area contributed by atoms with Gasteiger partial charge in [0.05, 0.1) is 12.2 Å². The van der Waals surface area contributed by atoms with Crippen LogP contribution in [0.25, 0.3) is 0 Å². The van der Waals surface area contributed by atoms with Crippen molar-refractivity contribution in [3.8, 4) is 5.75 Å². The van der Waals surface area contributed by atoms with Gasteiger partial charge in [-0.25, -0.2) is 4.98 Å². The second-order valence-electron chi connectivity index (χ2n) is 6.48. The minimum absolute atomic E-state index is 0.0492. The first-order valence-corrected chi connectivity index (χ1v) is 8.91. The molecule has 0 bridgehead atoms. The summed E-state index contributed by atoms with van der Waals surface area (Å²) in [6.07, 6.45) is 3.95. The van der Waals surface area contributed by atoms with E-state index < -0.39 is 0 Å². The Morgan fingerprint density at radius 1 is 1.32 bits per heavy atom. The first-order valence-electron chi connectivity index (χ1n) is 8.91. The van der Waals surface area contributed by atoms with Gasteiger partial charge in [0.15, 0.2) is 0 Å². The van der Waals surface area contributed by atoms with Crippen molar-refractivity contribution < 1.29 is 9.53 Å². The van der Waals surface area contributed by atoms with E-state index >= 15 is 0 Å². The number of amides is 1. The van der Waals surface area contributed by atoms with Gasteiger partial charge >= 0.3 is 0 Å². The minimum atomic E-state index is 0.0492. The van der Waals surface area contributed by atoms with Gasteiger partial charge in [-0.3, -0.25) is 4.79 Å². The molecule has 1 N–H and O–H groups in total. The Kier molecular flexibility index (Phi) is 5.53. The number of hydrogen-bond acceptors (Lipinski definition) is 4. The highest BCUT2D eigenvalue weighted by Gasteiger charge is 2.24. The van der Waals surface area contributed by atoms with Crippen LogP contribution in [0.3, 0.4) is 0 Å². The summed E-state index contributed by atoms with van der Waals surface area (Å²) in [6, 6.07) is 11.3. The fraction of sp³-hybridized carbons (Fsp3) is 0.400. The number of piperidine rings is 1. The largest absolute Gasteiger partial charge is 0.494 e. The molecule has 1 aromatic carbocycles. The van der Waals surface area contributed by atoms with Gasteiger partial charge in [0.2, 0.25) is 0 Å². The van der Waals surface area contributed by atoms with E-state index in [1.165, 1.54) is 6.42 Å². The number of carbonyl (C=O) groups is 1. The SMILES string of the molecule is CCOc1ccc(Nc2ncccc2C(=O)N2CCCC(C)C2)cc1. The number of pyridine rings is 1. The number of aromatic nitrogens is 1. The van der Waals surface area contributed by atoms with Crippen LogP contribution < -0.4 is 10.1 Å². The average Bonchev–Trinajstić information content (AvgIpc) is 2.63. The fourth-order valence-electron chi connectivity index (χ4n) is 3.16. The number of nitrogens with one attached hydrogen (secondary N) is 1. The zero-order chi connectivity index (χ0) is 17.6. The average molecular weight is 339 g/mol. The van der Waals surface area contributed by atoms with Crippen molar-refractivity contribution in [1.29, 1.82) is 0 Å². The highest BCUT2D eigenvalue weighted by Crippen LogP contribution is 2.24. The van der Waals surface area contributed by atoms with Gasteiger partial charge in [0, 0.05) is 25.0 Å². The maximum Gasteiger partial charge on any atom is 0.257 e. The molecule has 0 radical (unpaired) electrons. The topological polar surface area (TPSA) is 54.5 Å². The van der Waals surface area contributed by atoms with Crippen LogP contribution in [-0.4, -0.2) is 35.5 Å². The van der Waals surface area contributed by atoms with E-state index in [-0.39, 0.29) is 5.91 Å². The maximum atomic E-state index is 12.9. The number of anilines is 2. The van der Waals surface area contributed by atoms with Gasteiger partial charge < -0.3 is 15.0 Å². The van der Waals surface area contributed by atoms with Gasteiger partial charge in [-0.2, -0.15) is 0 Å². The molecule has 1 aliphatic heterocycles. The minimum Gasteiger partial charge on any atom is -0.494 e. The summed E-state index contributed by atoms with van der Waals surface area (Å²) >= 11 is 0. The number of nitrogens with zero attached hydrogens (tertiary/aromatic N) is 2. The van der Waals surface area contributed by atoms with Crippen molar-refractivity contribution in [3.05, 3.63) is 48.2 Å². The van der Waals surface area contributed by atoms with Crippen LogP contribution in [-0.2, 0) is 0 Å². The molecular formula is C20H25N3O2. The van der Waals surface area contributed by atoms with E-state index in [1.807, 2.05) is 48.2 Å². The normalized spacial score (nSPS) is 17.2. The van der Waals surface area contributed by atoms with Crippen LogP contribution in [0.5, 0.6) is 5.75 Å². The lowest BCUT2D eigenvalue weighted by Gasteiger charge is -2.31. The van der Waals surface area contributed by atoms with Crippen molar-refractivity contribution in [1.82, 2.24) is 9.88 Å². The second-order valence-corrected chi connectivity index (χ2v) is 6.48. The van der Waals surface area contributed by atoms with E-state index in [1.54, 1.807) is 6.20 Å². The summed E-state index contributed by atoms with van der Waals surface area (Å²) in [5.74, 6) is 2.02. The molecule has 1 amide bonds. The van der Waals surface area contributed by atoms with E-state index in [0.717, 1.165) is 30.9 Å². The molecule has 2 aromatic rings. The quantitative estimate of drug-likeness (QED) is 0.891. The van der Waals surface area contributed by atoms with Crippen molar-refractivity contribution in [3.63, 3.8) is 0 Å². The number of likely N-dealkylation sites (tertiary alicyclic amines) is 1. The van der Waals surface area contributed by atoms with Crippen molar-refractivity contribution in [2.45, 2.75) is 26.7 Å². The molecule has 1 fully saturated rings. The Hall–Kier alpha value is -2.56. The third kappa shape index (κ3) is 4.29. The summed E-state index contributed by atoms with van der Waals surface area (Å²) < 4.78 is 5.46. The van der Waals surface area contributed by atoms with Crippen LogP contribution in [0.1, 0.15) is 37.0 Å². The first-order chi connectivity index (χ1) is 12.2. The molecule has 132 valence electrons. The van der Waals surface area contributed by atoms with E-state index in [4.69, 9.17) is 4.74 Å². The monoisotopic (exact) mass is 339 g/mol. The molecule has 5 heteroatoms. The predicted octanol–water partition coefficient (Wildman–Crippen LogP) is 4.10. The van der Waals surface area contributed by atoms with Gasteiger partial charge in [-0.15, -0.1) is 0 Å². The van der Waals surface area contributed by atoms with Crippen LogP contribution in [0.4, 0.5) is 11.5 Å². The third-order valence-electron chi connectivity index (χ3n) is 4.41. The molecule has 5 nitrogen and oxygen atoms in total. The Morgan fingerprint density at radius 3 is 2.84 bits per heavy atom. The summed E-state index contributed by atoms with van der Waals surface area (Å²) in [6.45, 7) is 6.43. The predicted molar refractivity (Wildman–Crippen MR) is 99.4 cm³/mol. The Labute approximate surface area is 149 Å². The molecule has 1 atom stereocenters. The lowest BCUT2D eigenvalue weighted by Crippen LogP contribution is -2.39. The van der Waals surface area contributed by atoms with Gasteiger partial charge in [0.1, 0.15) is 11.6 Å². The molecule has 1 saturated heterocycles. The van der Waals surface area contributed by atoms with E-state index in [0.29, 0.717) is 23.9 Å². The molecule has 1 unspecified atom stereocenters.